The van der Waals surface area contributed by atoms with E-state index < -0.39 is 112 Å². The second-order valence-electron chi connectivity index (χ2n) is 22.7. The molecule has 456 valence electrons. The lowest BCUT2D eigenvalue weighted by Crippen LogP contribution is -2.59. The van der Waals surface area contributed by atoms with Crippen LogP contribution in [0, 0.1) is 26.7 Å². The summed E-state index contributed by atoms with van der Waals surface area (Å²) in [4.78, 5) is 112. The minimum absolute atomic E-state index is 0.00903. The number of amides is 6. The minimum atomic E-state index is -4.25. The average Bonchev–Trinajstić information content (AvgIpc) is 3.98. The molecule has 0 heterocycles. The maximum Gasteiger partial charge on any atom is 0.407 e. The molecule has 4 atom stereocenters. The number of carboxylic acids is 1. The molecule has 0 aromatic heterocycles. The number of carboxylic acid groups (broad SMARTS) is 1. The molecule has 0 aliphatic heterocycles. The number of sulfonamides is 1. The van der Waals surface area contributed by atoms with Gasteiger partial charge < -0.3 is 61.7 Å². The summed E-state index contributed by atoms with van der Waals surface area (Å²) in [5.74, 6) is -6.49. The van der Waals surface area contributed by atoms with Gasteiger partial charge in [0, 0.05) is 19.0 Å². The zero-order chi connectivity index (χ0) is 62.0. The number of esters is 1. The van der Waals surface area contributed by atoms with Crippen LogP contribution in [0.1, 0.15) is 134 Å². The van der Waals surface area contributed by atoms with Gasteiger partial charge >= 0.3 is 24.1 Å². The van der Waals surface area contributed by atoms with E-state index >= 15 is 0 Å². The number of hydrogen-bond donors (Lipinski definition) is 9. The zero-order valence-electron chi connectivity index (χ0n) is 49.5. The Morgan fingerprint density at radius 3 is 1.81 bits per heavy atom. The second kappa shape index (κ2) is 30.4. The van der Waals surface area contributed by atoms with Gasteiger partial charge in [-0.25, -0.2) is 22.7 Å². The van der Waals surface area contributed by atoms with Crippen molar-refractivity contribution in [1.82, 2.24) is 36.6 Å². The SMILES string of the molecule is COc1cc(C)c(S(=O)(=O)NC(N)=NCCCC(NC(=O)OCC2c3ccccc3-c3ccccc32)C(=O)NC(CC(=O)OC(C)(C)C)C(=O)NC(CC(C)C)C(=O)NC(CCCCNC(=O)OC(C)(C)C)C(=O)NCC(=O)O)c(C)c1C. The first-order chi connectivity index (χ1) is 38.8. The van der Waals surface area contributed by atoms with Crippen LogP contribution >= 0.6 is 0 Å². The molecular formula is C58H83N9O15S. The van der Waals surface area contributed by atoms with E-state index in [1.54, 1.807) is 82.2 Å². The van der Waals surface area contributed by atoms with Crippen LogP contribution in [0.3, 0.4) is 0 Å². The lowest BCUT2D eigenvalue weighted by atomic mass is 9.98. The molecule has 0 spiro atoms. The van der Waals surface area contributed by atoms with Crippen molar-refractivity contribution in [3.05, 3.63) is 82.4 Å². The molecule has 25 heteroatoms. The smallest absolute Gasteiger partial charge is 0.407 e. The number of aliphatic imine (C=N–C) groups is 1. The number of rotatable bonds is 28. The first-order valence-electron chi connectivity index (χ1n) is 27.5. The fourth-order valence-corrected chi connectivity index (χ4v) is 10.7. The number of alkyl carbamates (subject to hydrolysis) is 2. The van der Waals surface area contributed by atoms with E-state index in [-0.39, 0.29) is 68.5 Å². The topological polar surface area (TPSA) is 350 Å². The number of benzene rings is 3. The summed E-state index contributed by atoms with van der Waals surface area (Å²) < 4.78 is 51.5. The van der Waals surface area contributed by atoms with E-state index in [0.29, 0.717) is 28.9 Å². The first-order valence-corrected chi connectivity index (χ1v) is 29.0. The molecule has 0 fully saturated rings. The van der Waals surface area contributed by atoms with Crippen molar-refractivity contribution in [2.45, 2.75) is 167 Å². The van der Waals surface area contributed by atoms with Gasteiger partial charge in [-0.2, -0.15) is 0 Å². The Bertz CT molecular complexity index is 2930. The Morgan fingerprint density at radius 2 is 1.23 bits per heavy atom. The van der Waals surface area contributed by atoms with Gasteiger partial charge in [-0.3, -0.25) is 33.8 Å². The van der Waals surface area contributed by atoms with Crippen molar-refractivity contribution in [1.29, 1.82) is 0 Å². The Kier molecular flexibility index (Phi) is 24.7. The number of carbonyl (C=O) groups is 8. The Hall–Kier alpha value is -7.96. The van der Waals surface area contributed by atoms with Crippen LogP contribution in [0.2, 0.25) is 0 Å². The molecule has 24 nitrogen and oxygen atoms in total. The van der Waals surface area contributed by atoms with Crippen LogP contribution in [-0.4, -0.2) is 136 Å². The molecule has 0 radical (unpaired) electrons. The number of carbonyl (C=O) groups excluding carboxylic acids is 7. The van der Waals surface area contributed by atoms with Crippen molar-refractivity contribution < 1.29 is 70.8 Å². The Morgan fingerprint density at radius 1 is 0.687 bits per heavy atom. The van der Waals surface area contributed by atoms with Crippen molar-refractivity contribution in [3.8, 4) is 16.9 Å². The van der Waals surface area contributed by atoms with Crippen LogP contribution in [-0.2, 0) is 53.0 Å². The number of hydrogen-bond acceptors (Lipinski definition) is 15. The minimum Gasteiger partial charge on any atom is -0.496 e. The highest BCUT2D eigenvalue weighted by Gasteiger charge is 2.35. The molecule has 3 aromatic rings. The molecule has 3 aromatic carbocycles. The number of aliphatic carboxylic acids is 1. The molecule has 10 N–H and O–H groups in total. The molecule has 4 rings (SSSR count). The molecule has 0 saturated carbocycles. The monoisotopic (exact) mass is 1180 g/mol. The van der Waals surface area contributed by atoms with Crippen molar-refractivity contribution in [2.24, 2.45) is 16.6 Å². The summed E-state index contributed by atoms with van der Waals surface area (Å²) >= 11 is 0. The van der Waals surface area contributed by atoms with Gasteiger partial charge in [-0.15, -0.1) is 0 Å². The van der Waals surface area contributed by atoms with E-state index in [0.717, 1.165) is 22.3 Å². The highest BCUT2D eigenvalue weighted by atomic mass is 32.2. The van der Waals surface area contributed by atoms with Crippen molar-refractivity contribution in [3.63, 3.8) is 0 Å². The number of methoxy groups -OCH3 is 1. The lowest BCUT2D eigenvalue weighted by Gasteiger charge is -2.28. The quantitative estimate of drug-likeness (QED) is 0.0151. The van der Waals surface area contributed by atoms with E-state index in [9.17, 15) is 51.9 Å². The van der Waals surface area contributed by atoms with Crippen LogP contribution in [0.15, 0.2) is 64.5 Å². The zero-order valence-corrected chi connectivity index (χ0v) is 50.4. The van der Waals surface area contributed by atoms with Crippen molar-refractivity contribution >= 4 is 63.7 Å². The Balaban J connectivity index is 1.60. The van der Waals surface area contributed by atoms with Gasteiger partial charge in [-0.05, 0) is 152 Å². The van der Waals surface area contributed by atoms with Crippen LogP contribution in [0.5, 0.6) is 5.75 Å². The predicted octanol–water partition coefficient (Wildman–Crippen LogP) is 5.03. The van der Waals surface area contributed by atoms with Crippen LogP contribution in [0.25, 0.3) is 11.1 Å². The third kappa shape index (κ3) is 21.4. The van der Waals surface area contributed by atoms with E-state index in [2.05, 4.69) is 41.6 Å². The summed E-state index contributed by atoms with van der Waals surface area (Å²) in [6.07, 6.45) is -2.05. The number of aryl methyl sites for hydroxylation is 1. The number of unbranched alkanes of at least 4 members (excludes halogenated alkanes) is 1. The third-order valence-electron chi connectivity index (χ3n) is 13.0. The highest BCUT2D eigenvalue weighted by Crippen LogP contribution is 2.44. The number of ether oxygens (including phenoxy) is 4. The van der Waals surface area contributed by atoms with Gasteiger partial charge in [0.1, 0.15) is 54.3 Å². The molecular weight excluding hydrogens is 1090 g/mol. The maximum atomic E-state index is 14.6. The normalized spacial score (nSPS) is 13.9. The van der Waals surface area contributed by atoms with Gasteiger partial charge in [-0.1, -0.05) is 62.4 Å². The van der Waals surface area contributed by atoms with E-state index in [1.165, 1.54) is 7.11 Å². The second-order valence-corrected chi connectivity index (χ2v) is 24.3. The number of nitrogens with two attached hydrogens (primary N) is 1. The molecule has 1 aliphatic rings. The van der Waals surface area contributed by atoms with Crippen LogP contribution < -0.4 is 47.1 Å². The van der Waals surface area contributed by atoms with Gasteiger partial charge in [0.15, 0.2) is 0 Å². The molecule has 0 bridgehead atoms. The summed E-state index contributed by atoms with van der Waals surface area (Å²) in [6.45, 7) is 17.5. The summed E-state index contributed by atoms with van der Waals surface area (Å²) in [5, 5.41) is 24.5. The summed E-state index contributed by atoms with van der Waals surface area (Å²) in [6, 6.07) is 11.0. The number of guanidine groups is 1. The third-order valence-corrected chi connectivity index (χ3v) is 14.6. The van der Waals surface area contributed by atoms with E-state index in [1.807, 2.05) is 48.5 Å². The largest absolute Gasteiger partial charge is 0.496 e. The number of fused-ring (bicyclic) bond motifs is 3. The number of nitrogens with one attached hydrogen (secondary N) is 7. The van der Waals surface area contributed by atoms with E-state index in [4.69, 9.17) is 24.7 Å². The molecule has 6 amide bonds. The molecule has 0 saturated heterocycles. The van der Waals surface area contributed by atoms with Crippen LogP contribution in [0.4, 0.5) is 9.59 Å². The van der Waals surface area contributed by atoms with Gasteiger partial charge in [0.2, 0.25) is 29.6 Å². The molecule has 4 unspecified atom stereocenters. The standard InChI is InChI=1S/C58H83N9O15S/c1-33(2)28-44(52(73)63-42(50(71)62-31-47(68)69)24-17-18-26-61-55(75)82-58(9,10)11)64-53(74)45(30-48(70)81-57(6,7)8)65-51(72)43(66-56(76)80-32-41-39-22-15-13-20-37(39)38-21-14-16-23-40(38)41)25-19-27-60-54(59)67-83(77,78)49-34(3)29-46(79-12)35(4)36(49)5/h13-16,20-23,29,33,41-45H,17-19,24-28,30-32H2,1-12H3,(H,61,75)(H,62,71)(H,63,73)(H,64,74)(H,65,72)(H,66,76)(H,68,69)(H3,59,60,67). The molecule has 83 heavy (non-hydrogen) atoms. The maximum absolute atomic E-state index is 14.6. The van der Waals surface area contributed by atoms with Crippen molar-refractivity contribution in [2.75, 3.05) is 33.4 Å². The fourth-order valence-electron chi connectivity index (χ4n) is 9.23. The van der Waals surface area contributed by atoms with Gasteiger partial charge in [0.05, 0.1) is 18.4 Å². The summed E-state index contributed by atoms with van der Waals surface area (Å²) in [7, 11) is -2.77. The molecule has 1 aliphatic carbocycles. The summed E-state index contributed by atoms with van der Waals surface area (Å²) in [5.41, 5.74) is 9.59. The lowest BCUT2D eigenvalue weighted by molar-refractivity contribution is -0.156. The fraction of sp³-hybridized carbons (Fsp3) is 0.534. The average molecular weight is 1180 g/mol. The predicted molar refractivity (Wildman–Crippen MR) is 310 cm³/mol. The van der Waals surface area contributed by atoms with Gasteiger partial charge in [0.25, 0.3) is 10.0 Å². The Labute approximate surface area is 486 Å². The number of nitrogens with zero attached hydrogens (tertiary/aromatic N) is 1. The first kappa shape index (κ1) is 67.5. The highest BCUT2D eigenvalue weighted by molar-refractivity contribution is 7.90.